The summed E-state index contributed by atoms with van der Waals surface area (Å²) < 4.78 is 0. The van der Waals surface area contributed by atoms with E-state index in [1.807, 2.05) is 0 Å². The summed E-state index contributed by atoms with van der Waals surface area (Å²) in [6.45, 7) is 8.26. The van der Waals surface area contributed by atoms with Gasteiger partial charge < -0.3 is 5.11 Å². The second-order valence-corrected chi connectivity index (χ2v) is 5.45. The summed E-state index contributed by atoms with van der Waals surface area (Å²) in [5.41, 5.74) is 0. The number of hydrogen-bond acceptors (Lipinski definition) is 3. The molecule has 90 valence electrons. The fourth-order valence-corrected chi connectivity index (χ4v) is 2.49. The first kappa shape index (κ1) is 13.2. The van der Waals surface area contributed by atoms with Gasteiger partial charge in [-0.15, -0.1) is 11.3 Å². The number of carboxylic acid groups (broad SMARTS) is 1. The van der Waals surface area contributed by atoms with Crippen LogP contribution in [0.15, 0.2) is 12.1 Å². The maximum absolute atomic E-state index is 10.8. The summed E-state index contributed by atoms with van der Waals surface area (Å²) in [7, 11) is 0. The summed E-state index contributed by atoms with van der Waals surface area (Å²) in [6, 6.07) is 4.22. The fourth-order valence-electron chi connectivity index (χ4n) is 1.56. The number of thiophene rings is 1. The summed E-state index contributed by atoms with van der Waals surface area (Å²) in [6.07, 6.45) is 0. The first-order valence-corrected chi connectivity index (χ1v) is 6.35. The molecule has 3 nitrogen and oxygen atoms in total. The van der Waals surface area contributed by atoms with Gasteiger partial charge in [-0.2, -0.15) is 0 Å². The number of hydrogen-bond donors (Lipinski definition) is 1. The Morgan fingerprint density at radius 3 is 2.69 bits per heavy atom. The molecule has 0 aliphatic rings. The molecule has 0 aliphatic heterocycles. The minimum absolute atomic E-state index is 0.305. The number of aryl methyl sites for hydroxylation is 1. The fraction of sp³-hybridized carbons (Fsp3) is 0.583. The van der Waals surface area contributed by atoms with E-state index in [-0.39, 0.29) is 5.92 Å². The molecule has 0 saturated carbocycles. The molecule has 0 bridgehead atoms. The number of aliphatic carboxylic acids is 1. The van der Waals surface area contributed by atoms with Crippen molar-refractivity contribution in [1.82, 2.24) is 4.90 Å². The molecule has 1 rings (SSSR count). The van der Waals surface area contributed by atoms with Crippen LogP contribution >= 0.6 is 11.3 Å². The van der Waals surface area contributed by atoms with Gasteiger partial charge in [-0.1, -0.05) is 13.8 Å². The molecule has 1 heterocycles. The summed E-state index contributed by atoms with van der Waals surface area (Å²) >= 11 is 1.78. The average molecular weight is 241 g/mol. The van der Waals surface area contributed by atoms with Crippen molar-refractivity contribution in [2.45, 2.75) is 27.3 Å². The van der Waals surface area contributed by atoms with E-state index < -0.39 is 5.97 Å². The molecule has 16 heavy (non-hydrogen) atoms. The van der Waals surface area contributed by atoms with Gasteiger partial charge in [-0.05, 0) is 25.6 Å². The summed E-state index contributed by atoms with van der Waals surface area (Å²) in [5, 5.41) is 8.87. The molecule has 0 spiro atoms. The molecule has 0 saturated heterocycles. The SMILES string of the molecule is CCN(Cc1ccc(C)s1)CC(C)C(=O)O. The monoisotopic (exact) mass is 241 g/mol. The molecular formula is C12H19NO2S. The van der Waals surface area contributed by atoms with Crippen LogP contribution in [0.2, 0.25) is 0 Å². The highest BCUT2D eigenvalue weighted by atomic mass is 32.1. The number of rotatable bonds is 6. The third-order valence-corrected chi connectivity index (χ3v) is 3.56. The van der Waals surface area contributed by atoms with Crippen molar-refractivity contribution in [2.75, 3.05) is 13.1 Å². The van der Waals surface area contributed by atoms with E-state index in [4.69, 9.17) is 5.11 Å². The third-order valence-electron chi connectivity index (χ3n) is 2.58. The highest BCUT2D eigenvalue weighted by molar-refractivity contribution is 7.11. The van der Waals surface area contributed by atoms with E-state index in [9.17, 15) is 4.79 Å². The maximum Gasteiger partial charge on any atom is 0.307 e. The molecule has 1 aromatic rings. The Kier molecular flexibility index (Phi) is 4.96. The quantitative estimate of drug-likeness (QED) is 0.832. The Hall–Kier alpha value is -0.870. The molecular weight excluding hydrogens is 222 g/mol. The molecule has 0 fully saturated rings. The normalized spacial score (nSPS) is 13.0. The largest absolute Gasteiger partial charge is 0.481 e. The first-order chi connectivity index (χ1) is 7.52. The molecule has 1 aromatic heterocycles. The van der Waals surface area contributed by atoms with Gasteiger partial charge in [0.25, 0.3) is 0 Å². The van der Waals surface area contributed by atoms with Crippen LogP contribution in [-0.2, 0) is 11.3 Å². The average Bonchev–Trinajstić information content (AvgIpc) is 2.62. The predicted molar refractivity (Wildman–Crippen MR) is 66.8 cm³/mol. The van der Waals surface area contributed by atoms with Gasteiger partial charge in [0.2, 0.25) is 0 Å². The lowest BCUT2D eigenvalue weighted by molar-refractivity contribution is -0.141. The second kappa shape index (κ2) is 6.01. The maximum atomic E-state index is 10.8. The Bertz CT molecular complexity index is 349. The molecule has 0 amide bonds. The van der Waals surface area contributed by atoms with Crippen LogP contribution in [0, 0.1) is 12.8 Å². The molecule has 1 atom stereocenters. The zero-order valence-electron chi connectivity index (χ0n) is 10.1. The molecule has 0 radical (unpaired) electrons. The Balaban J connectivity index is 2.52. The van der Waals surface area contributed by atoms with E-state index in [1.165, 1.54) is 9.75 Å². The second-order valence-electron chi connectivity index (χ2n) is 4.08. The van der Waals surface area contributed by atoms with Gasteiger partial charge in [-0.25, -0.2) is 0 Å². The lowest BCUT2D eigenvalue weighted by atomic mass is 10.1. The zero-order valence-corrected chi connectivity index (χ0v) is 10.9. The van der Waals surface area contributed by atoms with Gasteiger partial charge >= 0.3 is 5.97 Å². The van der Waals surface area contributed by atoms with Crippen LogP contribution in [0.1, 0.15) is 23.6 Å². The zero-order chi connectivity index (χ0) is 12.1. The Labute approximate surface area is 101 Å². The summed E-state index contributed by atoms with van der Waals surface area (Å²) in [5.74, 6) is -1.03. The molecule has 0 aliphatic carbocycles. The first-order valence-electron chi connectivity index (χ1n) is 5.53. The van der Waals surface area contributed by atoms with Crippen molar-refractivity contribution >= 4 is 17.3 Å². The van der Waals surface area contributed by atoms with Crippen molar-refractivity contribution in [3.05, 3.63) is 21.9 Å². The predicted octanol–water partition coefficient (Wildman–Crippen LogP) is 2.60. The molecule has 1 N–H and O–H groups in total. The van der Waals surface area contributed by atoms with Gasteiger partial charge in [0, 0.05) is 22.8 Å². The van der Waals surface area contributed by atoms with Gasteiger partial charge in [0.15, 0.2) is 0 Å². The van der Waals surface area contributed by atoms with Gasteiger partial charge in [0.05, 0.1) is 5.92 Å². The van der Waals surface area contributed by atoms with Crippen LogP contribution < -0.4 is 0 Å². The lowest BCUT2D eigenvalue weighted by Crippen LogP contribution is -2.31. The molecule has 4 heteroatoms. The number of nitrogens with zero attached hydrogens (tertiary/aromatic N) is 1. The third kappa shape index (κ3) is 3.94. The van der Waals surface area contributed by atoms with Crippen molar-refractivity contribution < 1.29 is 9.90 Å². The van der Waals surface area contributed by atoms with Crippen molar-refractivity contribution in [3.8, 4) is 0 Å². The van der Waals surface area contributed by atoms with Crippen LogP contribution in [0.3, 0.4) is 0 Å². The van der Waals surface area contributed by atoms with Gasteiger partial charge in [0.1, 0.15) is 0 Å². The topological polar surface area (TPSA) is 40.5 Å². The van der Waals surface area contributed by atoms with E-state index >= 15 is 0 Å². The standard InChI is InChI=1S/C12H19NO2S/c1-4-13(7-9(2)12(14)15)8-11-6-5-10(3)16-11/h5-6,9H,4,7-8H2,1-3H3,(H,14,15). The smallest absolute Gasteiger partial charge is 0.307 e. The number of carbonyl (C=O) groups is 1. The minimum atomic E-state index is -0.721. The highest BCUT2D eigenvalue weighted by Gasteiger charge is 2.15. The van der Waals surface area contributed by atoms with Crippen LogP contribution in [-0.4, -0.2) is 29.1 Å². The Morgan fingerprint density at radius 1 is 1.56 bits per heavy atom. The van der Waals surface area contributed by atoms with E-state index in [1.54, 1.807) is 18.3 Å². The van der Waals surface area contributed by atoms with Crippen molar-refractivity contribution in [3.63, 3.8) is 0 Å². The van der Waals surface area contributed by atoms with Crippen LogP contribution in [0.4, 0.5) is 0 Å². The molecule has 0 aromatic carbocycles. The van der Waals surface area contributed by atoms with E-state index in [2.05, 4.69) is 30.9 Å². The Morgan fingerprint density at radius 2 is 2.25 bits per heavy atom. The van der Waals surface area contributed by atoms with Crippen molar-refractivity contribution in [2.24, 2.45) is 5.92 Å². The van der Waals surface area contributed by atoms with Crippen LogP contribution in [0.25, 0.3) is 0 Å². The van der Waals surface area contributed by atoms with E-state index in [0.717, 1.165) is 13.1 Å². The van der Waals surface area contributed by atoms with E-state index in [0.29, 0.717) is 6.54 Å². The van der Waals surface area contributed by atoms with Gasteiger partial charge in [-0.3, -0.25) is 9.69 Å². The highest BCUT2D eigenvalue weighted by Crippen LogP contribution is 2.17. The summed E-state index contributed by atoms with van der Waals surface area (Å²) in [4.78, 5) is 15.6. The number of carboxylic acids is 1. The van der Waals surface area contributed by atoms with Crippen molar-refractivity contribution in [1.29, 1.82) is 0 Å². The molecule has 1 unspecified atom stereocenters. The lowest BCUT2D eigenvalue weighted by Gasteiger charge is -2.21. The van der Waals surface area contributed by atoms with Crippen LogP contribution in [0.5, 0.6) is 0 Å². The minimum Gasteiger partial charge on any atom is -0.481 e.